The molecular weight excluding hydrogens is 390 g/mol. The minimum absolute atomic E-state index is 0.152. The van der Waals surface area contributed by atoms with E-state index < -0.39 is 0 Å². The van der Waals surface area contributed by atoms with E-state index in [2.05, 4.69) is 16.0 Å². The van der Waals surface area contributed by atoms with Crippen LogP contribution in [0.2, 0.25) is 0 Å². The molecule has 0 bridgehead atoms. The Morgan fingerprint density at radius 3 is 2.28 bits per heavy atom. The summed E-state index contributed by atoms with van der Waals surface area (Å²) in [5, 5.41) is 19.5. The second-order valence-electron chi connectivity index (χ2n) is 6.25. The second-order valence-corrected chi connectivity index (χ2v) is 7.16. The van der Waals surface area contributed by atoms with Crippen molar-refractivity contribution in [3.05, 3.63) is 41.3 Å². The van der Waals surface area contributed by atoms with Gasteiger partial charge in [0.05, 0.1) is 12.1 Å². The van der Waals surface area contributed by atoms with E-state index in [-0.39, 0.29) is 30.7 Å². The third-order valence-electron chi connectivity index (χ3n) is 4.00. The Balaban J connectivity index is 1.79. The van der Waals surface area contributed by atoms with E-state index in [1.165, 1.54) is 18.3 Å². The number of nitrogens with zero attached hydrogens (tertiary/aromatic N) is 2. The van der Waals surface area contributed by atoms with Crippen molar-refractivity contribution in [2.24, 2.45) is 0 Å². The summed E-state index contributed by atoms with van der Waals surface area (Å²) in [6.07, 6.45) is 0.218. The van der Waals surface area contributed by atoms with Gasteiger partial charge in [-0.05, 0) is 42.3 Å². The molecule has 1 aromatic carbocycles. The van der Waals surface area contributed by atoms with E-state index in [1.54, 1.807) is 35.7 Å². The topological polar surface area (TPSA) is 114 Å². The maximum atomic E-state index is 12.3. The normalized spacial score (nSPS) is 10.3. The molecule has 29 heavy (non-hydrogen) atoms. The van der Waals surface area contributed by atoms with Crippen LogP contribution in [0.3, 0.4) is 0 Å². The summed E-state index contributed by atoms with van der Waals surface area (Å²) >= 11 is 1.30. The third kappa shape index (κ3) is 7.37. The molecule has 0 atom stereocenters. The number of amides is 3. The molecule has 8 nitrogen and oxygen atoms in total. The molecule has 1 heterocycles. The Labute approximate surface area is 173 Å². The van der Waals surface area contributed by atoms with Crippen LogP contribution in [0.25, 0.3) is 0 Å². The van der Waals surface area contributed by atoms with Gasteiger partial charge in [-0.3, -0.25) is 19.3 Å². The fourth-order valence-electron chi connectivity index (χ4n) is 2.54. The number of rotatable bonds is 9. The molecule has 0 unspecified atom stereocenters. The quantitative estimate of drug-likeness (QED) is 0.585. The molecule has 3 amide bonds. The predicted octanol–water partition coefficient (Wildman–Crippen LogP) is 2.87. The van der Waals surface area contributed by atoms with Crippen LogP contribution in [0, 0.1) is 11.3 Å². The Kier molecular flexibility index (Phi) is 8.33. The first kappa shape index (κ1) is 22.1. The average molecular weight is 414 g/mol. The van der Waals surface area contributed by atoms with Gasteiger partial charge in [0.2, 0.25) is 17.7 Å². The number of benzene rings is 1. The van der Waals surface area contributed by atoms with Crippen molar-refractivity contribution >= 4 is 45.4 Å². The van der Waals surface area contributed by atoms with E-state index in [0.717, 1.165) is 0 Å². The number of carbonyl (C=O) groups is 3. The monoisotopic (exact) mass is 413 g/mol. The highest BCUT2D eigenvalue weighted by atomic mass is 32.1. The summed E-state index contributed by atoms with van der Waals surface area (Å²) in [5.41, 5.74) is 1.72. The lowest BCUT2D eigenvalue weighted by Gasteiger charge is -2.19. The van der Waals surface area contributed by atoms with Gasteiger partial charge in [0.1, 0.15) is 11.1 Å². The molecule has 0 spiro atoms. The molecule has 3 N–H and O–H groups in total. The molecule has 0 saturated heterocycles. The maximum absolute atomic E-state index is 12.3. The molecule has 1 aromatic heterocycles. The highest BCUT2D eigenvalue weighted by molar-refractivity contribution is 7.14. The second kappa shape index (κ2) is 10.9. The Morgan fingerprint density at radius 1 is 1.03 bits per heavy atom. The Morgan fingerprint density at radius 2 is 1.69 bits per heavy atom. The van der Waals surface area contributed by atoms with Crippen molar-refractivity contribution in [3.63, 3.8) is 0 Å². The largest absolute Gasteiger partial charge is 0.326 e. The van der Waals surface area contributed by atoms with Gasteiger partial charge in [-0.2, -0.15) is 5.26 Å². The molecule has 2 rings (SSSR count). The van der Waals surface area contributed by atoms with Crippen molar-refractivity contribution in [2.45, 2.75) is 20.3 Å². The van der Waals surface area contributed by atoms with Gasteiger partial charge in [-0.25, -0.2) is 0 Å². The first-order valence-electron chi connectivity index (χ1n) is 9.08. The maximum Gasteiger partial charge on any atom is 0.238 e. The van der Waals surface area contributed by atoms with Gasteiger partial charge in [-0.15, -0.1) is 11.3 Å². The van der Waals surface area contributed by atoms with Crippen LogP contribution in [0.5, 0.6) is 0 Å². The van der Waals surface area contributed by atoms with E-state index in [4.69, 9.17) is 5.26 Å². The van der Waals surface area contributed by atoms with Crippen molar-refractivity contribution in [3.8, 4) is 6.07 Å². The number of thiophene rings is 1. The highest BCUT2D eigenvalue weighted by Gasteiger charge is 2.13. The number of anilines is 3. The van der Waals surface area contributed by atoms with E-state index in [9.17, 15) is 14.4 Å². The SMILES string of the molecule is CCN(CCC(=O)Nc1sccc1C#N)CC(=O)Nc1ccc(NC(C)=O)cc1. The van der Waals surface area contributed by atoms with Gasteiger partial charge in [0.25, 0.3) is 0 Å². The minimum Gasteiger partial charge on any atom is -0.326 e. The standard InChI is InChI=1S/C20H23N5O3S/c1-3-25(10-8-18(27)24-20-15(12-21)9-11-29-20)13-19(28)23-17-6-4-16(5-7-17)22-14(2)26/h4-7,9,11H,3,8,10,13H2,1-2H3,(H,22,26)(H,23,28)(H,24,27). The summed E-state index contributed by atoms with van der Waals surface area (Å²) < 4.78 is 0. The van der Waals surface area contributed by atoms with E-state index in [1.807, 2.05) is 17.9 Å². The fourth-order valence-corrected chi connectivity index (χ4v) is 3.29. The van der Waals surface area contributed by atoms with E-state index in [0.29, 0.717) is 35.0 Å². The first-order chi connectivity index (χ1) is 13.9. The molecule has 0 saturated carbocycles. The van der Waals surface area contributed by atoms with Gasteiger partial charge in [0.15, 0.2) is 0 Å². The Hall–Kier alpha value is -3.22. The lowest BCUT2D eigenvalue weighted by Crippen LogP contribution is -2.35. The zero-order chi connectivity index (χ0) is 21.2. The summed E-state index contributed by atoms with van der Waals surface area (Å²) in [6.45, 7) is 4.54. The fraction of sp³-hybridized carbons (Fsp3) is 0.300. The summed E-state index contributed by atoms with van der Waals surface area (Å²) in [4.78, 5) is 37.3. The highest BCUT2D eigenvalue weighted by Crippen LogP contribution is 2.22. The third-order valence-corrected chi connectivity index (χ3v) is 4.83. The Bertz CT molecular complexity index is 902. The van der Waals surface area contributed by atoms with Crippen LogP contribution in [0.1, 0.15) is 25.8 Å². The van der Waals surface area contributed by atoms with Crippen molar-refractivity contribution in [1.29, 1.82) is 5.26 Å². The van der Waals surface area contributed by atoms with Crippen molar-refractivity contribution in [1.82, 2.24) is 4.90 Å². The van der Waals surface area contributed by atoms with Crippen molar-refractivity contribution in [2.75, 3.05) is 35.6 Å². The number of nitrogens with one attached hydrogen (secondary N) is 3. The summed E-state index contributed by atoms with van der Waals surface area (Å²) in [7, 11) is 0. The van der Waals surface area contributed by atoms with Crippen LogP contribution in [-0.2, 0) is 14.4 Å². The summed E-state index contributed by atoms with van der Waals surface area (Å²) in [5.74, 6) is -0.548. The molecule has 0 aliphatic rings. The number of hydrogen-bond acceptors (Lipinski definition) is 6. The van der Waals surface area contributed by atoms with Gasteiger partial charge in [-0.1, -0.05) is 6.92 Å². The van der Waals surface area contributed by atoms with Crippen LogP contribution in [0.15, 0.2) is 35.7 Å². The lowest BCUT2D eigenvalue weighted by molar-refractivity contribution is -0.119. The molecular formula is C20H23N5O3S. The van der Waals surface area contributed by atoms with Crippen LogP contribution < -0.4 is 16.0 Å². The molecule has 0 aliphatic heterocycles. The number of hydrogen-bond donors (Lipinski definition) is 3. The zero-order valence-electron chi connectivity index (χ0n) is 16.3. The number of nitriles is 1. The predicted molar refractivity (Wildman–Crippen MR) is 114 cm³/mol. The number of likely N-dealkylation sites (N-methyl/N-ethyl adjacent to an activating group) is 1. The molecule has 0 radical (unpaired) electrons. The molecule has 0 aliphatic carbocycles. The molecule has 2 aromatic rings. The van der Waals surface area contributed by atoms with E-state index >= 15 is 0 Å². The number of carbonyl (C=O) groups excluding carboxylic acids is 3. The van der Waals surface area contributed by atoms with Gasteiger partial charge in [0, 0.05) is 31.3 Å². The molecule has 152 valence electrons. The molecule has 9 heteroatoms. The van der Waals surface area contributed by atoms with Crippen LogP contribution >= 0.6 is 11.3 Å². The average Bonchev–Trinajstić information content (AvgIpc) is 3.13. The first-order valence-corrected chi connectivity index (χ1v) is 9.96. The molecule has 0 fully saturated rings. The lowest BCUT2D eigenvalue weighted by atomic mass is 10.2. The summed E-state index contributed by atoms with van der Waals surface area (Å²) in [6, 6.07) is 10.5. The smallest absolute Gasteiger partial charge is 0.238 e. The minimum atomic E-state index is -0.198. The van der Waals surface area contributed by atoms with Crippen molar-refractivity contribution < 1.29 is 14.4 Å². The van der Waals surface area contributed by atoms with Crippen LogP contribution in [-0.4, -0.2) is 42.3 Å². The van der Waals surface area contributed by atoms with Crippen LogP contribution in [0.4, 0.5) is 16.4 Å². The van der Waals surface area contributed by atoms with Gasteiger partial charge >= 0.3 is 0 Å². The zero-order valence-corrected chi connectivity index (χ0v) is 17.1. The van der Waals surface area contributed by atoms with Gasteiger partial charge < -0.3 is 16.0 Å².